The van der Waals surface area contributed by atoms with Gasteiger partial charge in [0.1, 0.15) is 11.8 Å². The minimum Gasteiger partial charge on any atom is -0.496 e. The molecule has 1 fully saturated rings. The lowest BCUT2D eigenvalue weighted by atomic mass is 10.1. The molecular weight excluding hydrogens is 282 g/mol. The quantitative estimate of drug-likeness (QED) is 0.818. The van der Waals surface area contributed by atoms with Crippen molar-refractivity contribution in [1.82, 2.24) is 14.7 Å². The molecule has 1 aromatic rings. The predicted molar refractivity (Wildman–Crippen MR) is 84.0 cm³/mol. The van der Waals surface area contributed by atoms with E-state index >= 15 is 0 Å². The number of ether oxygens (including phenoxy) is 1. The molecule has 1 aliphatic rings. The van der Waals surface area contributed by atoms with Crippen molar-refractivity contribution in [1.29, 1.82) is 0 Å². The first-order chi connectivity index (χ1) is 10.5. The smallest absolute Gasteiger partial charge is 0.258 e. The van der Waals surface area contributed by atoms with Crippen molar-refractivity contribution in [3.05, 3.63) is 29.8 Å². The molecule has 2 amide bonds. The highest BCUT2D eigenvalue weighted by atomic mass is 16.5. The van der Waals surface area contributed by atoms with E-state index in [2.05, 4.69) is 4.90 Å². The number of hydrogen-bond acceptors (Lipinski definition) is 4. The molecule has 1 aliphatic heterocycles. The van der Waals surface area contributed by atoms with E-state index < -0.39 is 6.04 Å². The van der Waals surface area contributed by atoms with Gasteiger partial charge in [0.25, 0.3) is 5.91 Å². The molecule has 2 rings (SSSR count). The number of likely N-dealkylation sites (N-methyl/N-ethyl adjacent to an activating group) is 2. The van der Waals surface area contributed by atoms with Gasteiger partial charge in [-0.1, -0.05) is 12.1 Å². The summed E-state index contributed by atoms with van der Waals surface area (Å²) in [4.78, 5) is 30.6. The van der Waals surface area contributed by atoms with Crippen LogP contribution in [0.2, 0.25) is 0 Å². The highest BCUT2D eigenvalue weighted by Gasteiger charge is 2.36. The molecule has 0 spiro atoms. The Morgan fingerprint density at radius 3 is 2.55 bits per heavy atom. The zero-order valence-corrected chi connectivity index (χ0v) is 13.6. The molecule has 6 heteroatoms. The molecule has 1 heterocycles. The second kappa shape index (κ2) is 6.79. The first-order valence-corrected chi connectivity index (χ1v) is 7.29. The SMILES string of the molecule is COc1ccccc1C(=O)N1CCN(C)C[C@H]1C(=O)N(C)C. The van der Waals surface area contributed by atoms with Gasteiger partial charge in [0.15, 0.2) is 0 Å². The molecule has 22 heavy (non-hydrogen) atoms. The fourth-order valence-electron chi connectivity index (χ4n) is 2.65. The molecule has 1 saturated heterocycles. The molecule has 0 saturated carbocycles. The minimum atomic E-state index is -0.467. The fourth-order valence-corrected chi connectivity index (χ4v) is 2.65. The number of rotatable bonds is 3. The number of piperazine rings is 1. The maximum Gasteiger partial charge on any atom is 0.258 e. The van der Waals surface area contributed by atoms with Gasteiger partial charge in [-0.2, -0.15) is 0 Å². The lowest BCUT2D eigenvalue weighted by Crippen LogP contribution is -2.59. The summed E-state index contributed by atoms with van der Waals surface area (Å²) in [6, 6.07) is 6.64. The van der Waals surface area contributed by atoms with Crippen LogP contribution in [0.15, 0.2) is 24.3 Å². The van der Waals surface area contributed by atoms with Gasteiger partial charge < -0.3 is 19.4 Å². The Bertz CT molecular complexity index is 559. The van der Waals surface area contributed by atoms with E-state index in [0.717, 1.165) is 6.54 Å². The zero-order valence-electron chi connectivity index (χ0n) is 13.6. The fraction of sp³-hybridized carbons (Fsp3) is 0.500. The third-order valence-electron chi connectivity index (χ3n) is 3.91. The van der Waals surface area contributed by atoms with Gasteiger partial charge in [0, 0.05) is 33.7 Å². The average molecular weight is 305 g/mol. The Balaban J connectivity index is 2.31. The number of amides is 2. The molecule has 120 valence electrons. The van der Waals surface area contributed by atoms with Gasteiger partial charge in [-0.05, 0) is 19.2 Å². The van der Waals surface area contributed by atoms with Crippen LogP contribution < -0.4 is 4.74 Å². The summed E-state index contributed by atoms with van der Waals surface area (Å²) < 4.78 is 5.27. The standard InChI is InChI=1S/C16H23N3O3/c1-17(2)16(21)13-11-18(3)9-10-19(13)15(20)12-7-5-6-8-14(12)22-4/h5-8,13H,9-11H2,1-4H3/t13-/m0/s1. The third-order valence-corrected chi connectivity index (χ3v) is 3.91. The summed E-state index contributed by atoms with van der Waals surface area (Å²) in [7, 11) is 6.92. The van der Waals surface area contributed by atoms with Crippen molar-refractivity contribution in [2.24, 2.45) is 0 Å². The van der Waals surface area contributed by atoms with E-state index in [1.165, 1.54) is 4.90 Å². The van der Waals surface area contributed by atoms with E-state index in [1.807, 2.05) is 13.1 Å². The van der Waals surface area contributed by atoms with Crippen molar-refractivity contribution < 1.29 is 14.3 Å². The Morgan fingerprint density at radius 1 is 1.23 bits per heavy atom. The van der Waals surface area contributed by atoms with Crippen LogP contribution >= 0.6 is 0 Å². The lowest BCUT2D eigenvalue weighted by Gasteiger charge is -2.40. The lowest BCUT2D eigenvalue weighted by molar-refractivity contribution is -0.135. The zero-order chi connectivity index (χ0) is 16.3. The predicted octanol–water partition coefficient (Wildman–Crippen LogP) is 0.540. The van der Waals surface area contributed by atoms with Crippen LogP contribution in [0.5, 0.6) is 5.75 Å². The molecule has 0 unspecified atom stereocenters. The second-order valence-corrected chi connectivity index (χ2v) is 5.71. The van der Waals surface area contributed by atoms with Gasteiger partial charge in [0.05, 0.1) is 12.7 Å². The van der Waals surface area contributed by atoms with Crippen LogP contribution in [-0.2, 0) is 4.79 Å². The monoisotopic (exact) mass is 305 g/mol. The number of hydrogen-bond donors (Lipinski definition) is 0. The molecule has 6 nitrogen and oxygen atoms in total. The van der Waals surface area contributed by atoms with Crippen molar-refractivity contribution in [3.63, 3.8) is 0 Å². The third kappa shape index (κ3) is 3.22. The van der Waals surface area contributed by atoms with Gasteiger partial charge in [-0.15, -0.1) is 0 Å². The molecular formula is C16H23N3O3. The molecule has 0 aromatic heterocycles. The molecule has 0 N–H and O–H groups in total. The number of para-hydroxylation sites is 1. The van der Waals surface area contributed by atoms with E-state index in [0.29, 0.717) is 24.4 Å². The summed E-state index contributed by atoms with van der Waals surface area (Å²) in [5.41, 5.74) is 0.492. The Morgan fingerprint density at radius 2 is 1.91 bits per heavy atom. The largest absolute Gasteiger partial charge is 0.496 e. The van der Waals surface area contributed by atoms with E-state index in [9.17, 15) is 9.59 Å². The van der Waals surface area contributed by atoms with Gasteiger partial charge in [0.2, 0.25) is 5.91 Å². The Hall–Kier alpha value is -2.08. The Kier molecular flexibility index (Phi) is 5.03. The highest BCUT2D eigenvalue weighted by Crippen LogP contribution is 2.22. The molecule has 1 atom stereocenters. The van der Waals surface area contributed by atoms with Crippen molar-refractivity contribution in [3.8, 4) is 5.75 Å². The summed E-state index contributed by atoms with van der Waals surface area (Å²) in [5.74, 6) is 0.308. The average Bonchev–Trinajstić information content (AvgIpc) is 2.53. The topological polar surface area (TPSA) is 53.1 Å². The van der Waals surface area contributed by atoms with E-state index in [-0.39, 0.29) is 11.8 Å². The number of nitrogens with zero attached hydrogens (tertiary/aromatic N) is 3. The number of benzene rings is 1. The van der Waals surface area contributed by atoms with Gasteiger partial charge in [-0.25, -0.2) is 0 Å². The summed E-state index contributed by atoms with van der Waals surface area (Å²) in [5, 5.41) is 0. The maximum absolute atomic E-state index is 12.9. The second-order valence-electron chi connectivity index (χ2n) is 5.71. The number of methoxy groups -OCH3 is 1. The van der Waals surface area contributed by atoms with Crippen LogP contribution in [0.4, 0.5) is 0 Å². The van der Waals surface area contributed by atoms with Crippen LogP contribution in [-0.4, -0.2) is 80.4 Å². The number of carbonyl (C=O) groups excluding carboxylic acids is 2. The van der Waals surface area contributed by atoms with Gasteiger partial charge in [-0.3, -0.25) is 9.59 Å². The summed E-state index contributed by atoms with van der Waals surface area (Å²) in [6.45, 7) is 1.81. The summed E-state index contributed by atoms with van der Waals surface area (Å²) in [6.07, 6.45) is 0. The van der Waals surface area contributed by atoms with Crippen LogP contribution in [0.3, 0.4) is 0 Å². The van der Waals surface area contributed by atoms with Crippen molar-refractivity contribution in [2.75, 3.05) is 47.9 Å². The van der Waals surface area contributed by atoms with Crippen LogP contribution in [0.1, 0.15) is 10.4 Å². The Labute approximate surface area is 131 Å². The molecule has 0 aliphatic carbocycles. The first-order valence-electron chi connectivity index (χ1n) is 7.29. The molecule has 0 bridgehead atoms. The van der Waals surface area contributed by atoms with Crippen molar-refractivity contribution >= 4 is 11.8 Å². The van der Waals surface area contributed by atoms with Crippen molar-refractivity contribution in [2.45, 2.75) is 6.04 Å². The normalized spacial score (nSPS) is 18.9. The maximum atomic E-state index is 12.9. The number of carbonyl (C=O) groups is 2. The minimum absolute atomic E-state index is 0.0604. The van der Waals surface area contributed by atoms with E-state index in [1.54, 1.807) is 44.3 Å². The molecule has 1 aromatic carbocycles. The summed E-state index contributed by atoms with van der Waals surface area (Å²) >= 11 is 0. The molecule has 0 radical (unpaired) electrons. The first kappa shape index (κ1) is 16.3. The highest BCUT2D eigenvalue weighted by molar-refractivity contribution is 5.99. The van der Waals surface area contributed by atoms with E-state index in [4.69, 9.17) is 4.74 Å². The van der Waals surface area contributed by atoms with Crippen LogP contribution in [0.25, 0.3) is 0 Å². The van der Waals surface area contributed by atoms with Crippen LogP contribution in [0, 0.1) is 0 Å². The van der Waals surface area contributed by atoms with Gasteiger partial charge >= 0.3 is 0 Å².